The molecule has 2 rings (SSSR count). The third-order valence-corrected chi connectivity index (χ3v) is 3.47. The molecule has 2 N–H and O–H groups in total. The molecular weight excluding hydrogens is 294 g/mol. The first-order valence-corrected chi connectivity index (χ1v) is 7.42. The van der Waals surface area contributed by atoms with Gasteiger partial charge in [0.2, 0.25) is 0 Å². The Morgan fingerprint density at radius 1 is 1.17 bits per heavy atom. The van der Waals surface area contributed by atoms with Gasteiger partial charge in [-0.25, -0.2) is 4.79 Å². The minimum atomic E-state index is -0.338. The van der Waals surface area contributed by atoms with Crippen molar-refractivity contribution in [1.82, 2.24) is 20.1 Å². The molecule has 1 aromatic carbocycles. The van der Waals surface area contributed by atoms with E-state index in [1.807, 2.05) is 25.5 Å². The minimum Gasteiger partial charge on any atom is -0.331 e. The summed E-state index contributed by atoms with van der Waals surface area (Å²) in [6.07, 6.45) is 0. The Bertz CT molecular complexity index is 704. The van der Waals surface area contributed by atoms with Crippen molar-refractivity contribution in [1.29, 1.82) is 0 Å². The van der Waals surface area contributed by atoms with Crippen LogP contribution >= 0.6 is 0 Å². The van der Waals surface area contributed by atoms with Crippen LogP contribution in [0.15, 0.2) is 24.3 Å². The topological polar surface area (TPSA) is 88.9 Å². The molecule has 7 nitrogen and oxygen atoms in total. The zero-order valence-corrected chi connectivity index (χ0v) is 13.8. The number of hydrogen-bond acceptors (Lipinski definition) is 4. The molecule has 0 bridgehead atoms. The standard InChI is InChI=1S/C16H21N5O2/c1-10(2)15-20-19-14(21(15)4)9-17-16(23)18-13-7-5-12(6-8-13)11(3)22/h5-8,10H,9H2,1-4H3,(H2,17,18,23). The first-order valence-electron chi connectivity index (χ1n) is 7.42. The Hall–Kier alpha value is -2.70. The molecule has 0 atom stereocenters. The van der Waals surface area contributed by atoms with Crippen molar-refractivity contribution in [2.24, 2.45) is 7.05 Å². The fourth-order valence-corrected chi connectivity index (χ4v) is 2.15. The Labute approximate surface area is 135 Å². The van der Waals surface area contributed by atoms with Crippen LogP contribution in [-0.4, -0.2) is 26.6 Å². The van der Waals surface area contributed by atoms with Gasteiger partial charge in [-0.1, -0.05) is 13.8 Å². The number of carbonyl (C=O) groups is 2. The lowest BCUT2D eigenvalue weighted by atomic mass is 10.1. The molecule has 23 heavy (non-hydrogen) atoms. The maximum absolute atomic E-state index is 11.9. The maximum Gasteiger partial charge on any atom is 0.319 e. The highest BCUT2D eigenvalue weighted by Gasteiger charge is 2.12. The summed E-state index contributed by atoms with van der Waals surface area (Å²) >= 11 is 0. The predicted octanol–water partition coefficient (Wildman–Crippen LogP) is 2.46. The SMILES string of the molecule is CC(=O)c1ccc(NC(=O)NCc2nnc(C(C)C)n2C)cc1. The van der Waals surface area contributed by atoms with E-state index in [1.54, 1.807) is 24.3 Å². The molecular formula is C16H21N5O2. The molecule has 0 aliphatic heterocycles. The number of rotatable bonds is 5. The molecule has 0 unspecified atom stereocenters. The van der Waals surface area contributed by atoms with E-state index < -0.39 is 0 Å². The van der Waals surface area contributed by atoms with E-state index in [0.29, 0.717) is 17.1 Å². The number of urea groups is 1. The van der Waals surface area contributed by atoms with Gasteiger partial charge in [-0.3, -0.25) is 4.79 Å². The molecule has 0 spiro atoms. The summed E-state index contributed by atoms with van der Waals surface area (Å²) < 4.78 is 1.88. The van der Waals surface area contributed by atoms with Gasteiger partial charge < -0.3 is 15.2 Å². The smallest absolute Gasteiger partial charge is 0.319 e. The quantitative estimate of drug-likeness (QED) is 0.830. The molecule has 0 aliphatic carbocycles. The van der Waals surface area contributed by atoms with Crippen LogP contribution in [0.4, 0.5) is 10.5 Å². The number of carbonyl (C=O) groups excluding carboxylic acids is 2. The van der Waals surface area contributed by atoms with Crippen LogP contribution in [0, 0.1) is 0 Å². The van der Waals surface area contributed by atoms with Crippen LogP contribution in [0.2, 0.25) is 0 Å². The fraction of sp³-hybridized carbons (Fsp3) is 0.375. The number of hydrogen-bond donors (Lipinski definition) is 2. The highest BCUT2D eigenvalue weighted by molar-refractivity contribution is 5.95. The largest absolute Gasteiger partial charge is 0.331 e. The van der Waals surface area contributed by atoms with Gasteiger partial charge in [-0.2, -0.15) is 0 Å². The van der Waals surface area contributed by atoms with Crippen molar-refractivity contribution in [3.8, 4) is 0 Å². The molecule has 0 radical (unpaired) electrons. The highest BCUT2D eigenvalue weighted by atomic mass is 16.2. The Morgan fingerprint density at radius 3 is 2.35 bits per heavy atom. The fourth-order valence-electron chi connectivity index (χ4n) is 2.15. The van der Waals surface area contributed by atoms with Crippen molar-refractivity contribution in [3.05, 3.63) is 41.5 Å². The van der Waals surface area contributed by atoms with Gasteiger partial charge in [0, 0.05) is 24.2 Å². The first-order chi connectivity index (χ1) is 10.9. The van der Waals surface area contributed by atoms with Crippen molar-refractivity contribution < 1.29 is 9.59 Å². The summed E-state index contributed by atoms with van der Waals surface area (Å²) in [5.41, 5.74) is 1.23. The number of nitrogens with zero attached hydrogens (tertiary/aromatic N) is 3. The van der Waals surface area contributed by atoms with Crippen LogP contribution < -0.4 is 10.6 Å². The molecule has 1 aromatic heterocycles. The zero-order valence-electron chi connectivity index (χ0n) is 13.8. The number of nitrogens with one attached hydrogen (secondary N) is 2. The Balaban J connectivity index is 1.91. The van der Waals surface area contributed by atoms with E-state index in [0.717, 1.165) is 5.82 Å². The van der Waals surface area contributed by atoms with Crippen molar-refractivity contribution in [2.75, 3.05) is 5.32 Å². The summed E-state index contributed by atoms with van der Waals surface area (Å²) in [6, 6.07) is 6.39. The lowest BCUT2D eigenvalue weighted by Crippen LogP contribution is -2.29. The van der Waals surface area contributed by atoms with Crippen LogP contribution in [0.5, 0.6) is 0 Å². The zero-order chi connectivity index (χ0) is 17.0. The van der Waals surface area contributed by atoms with Crippen molar-refractivity contribution in [2.45, 2.75) is 33.2 Å². The predicted molar refractivity (Wildman–Crippen MR) is 87.4 cm³/mol. The van der Waals surface area contributed by atoms with Gasteiger partial charge in [-0.05, 0) is 31.2 Å². The Morgan fingerprint density at radius 2 is 1.83 bits per heavy atom. The van der Waals surface area contributed by atoms with E-state index in [2.05, 4.69) is 20.8 Å². The molecule has 122 valence electrons. The number of aromatic nitrogens is 3. The third kappa shape index (κ3) is 4.15. The van der Waals surface area contributed by atoms with Crippen molar-refractivity contribution >= 4 is 17.5 Å². The van der Waals surface area contributed by atoms with Crippen LogP contribution in [0.25, 0.3) is 0 Å². The van der Waals surface area contributed by atoms with E-state index >= 15 is 0 Å². The van der Waals surface area contributed by atoms with Gasteiger partial charge in [0.15, 0.2) is 11.6 Å². The van der Waals surface area contributed by atoms with E-state index in [4.69, 9.17) is 0 Å². The summed E-state index contributed by atoms with van der Waals surface area (Å²) in [5, 5.41) is 13.6. The lowest BCUT2D eigenvalue weighted by molar-refractivity contribution is 0.101. The molecule has 2 amide bonds. The average molecular weight is 315 g/mol. The first kappa shape index (κ1) is 16.7. The van der Waals surface area contributed by atoms with Gasteiger partial charge in [-0.15, -0.1) is 10.2 Å². The van der Waals surface area contributed by atoms with Crippen LogP contribution in [0.1, 0.15) is 48.7 Å². The number of Topliss-reactive ketones (excluding diaryl/α,β-unsaturated/α-hetero) is 1. The van der Waals surface area contributed by atoms with E-state index in [-0.39, 0.29) is 24.3 Å². The van der Waals surface area contributed by atoms with Gasteiger partial charge in [0.25, 0.3) is 0 Å². The number of benzene rings is 1. The molecule has 0 aliphatic rings. The van der Waals surface area contributed by atoms with E-state index in [1.165, 1.54) is 6.92 Å². The van der Waals surface area contributed by atoms with Gasteiger partial charge in [0.1, 0.15) is 5.82 Å². The molecule has 7 heteroatoms. The van der Waals surface area contributed by atoms with Crippen molar-refractivity contribution in [3.63, 3.8) is 0 Å². The highest BCUT2D eigenvalue weighted by Crippen LogP contribution is 2.12. The van der Waals surface area contributed by atoms with E-state index in [9.17, 15) is 9.59 Å². The minimum absolute atomic E-state index is 0.00996. The average Bonchev–Trinajstić information content (AvgIpc) is 2.87. The molecule has 0 fully saturated rings. The second-order valence-corrected chi connectivity index (χ2v) is 5.63. The summed E-state index contributed by atoms with van der Waals surface area (Å²) in [7, 11) is 1.88. The summed E-state index contributed by atoms with van der Waals surface area (Å²) in [5.74, 6) is 1.83. The second kappa shape index (κ2) is 7.04. The summed E-state index contributed by atoms with van der Waals surface area (Å²) in [4.78, 5) is 23.1. The monoisotopic (exact) mass is 315 g/mol. The lowest BCUT2D eigenvalue weighted by Gasteiger charge is -2.09. The van der Waals surface area contributed by atoms with Gasteiger partial charge in [0.05, 0.1) is 6.54 Å². The molecule has 0 saturated heterocycles. The molecule has 1 heterocycles. The number of anilines is 1. The van der Waals surface area contributed by atoms with Crippen LogP contribution in [0.3, 0.4) is 0 Å². The Kier molecular flexibility index (Phi) is 5.10. The normalized spacial score (nSPS) is 10.7. The van der Waals surface area contributed by atoms with Gasteiger partial charge >= 0.3 is 6.03 Å². The molecule has 0 saturated carbocycles. The van der Waals surface area contributed by atoms with Crippen LogP contribution in [-0.2, 0) is 13.6 Å². The summed E-state index contributed by atoms with van der Waals surface area (Å²) in [6.45, 7) is 5.87. The second-order valence-electron chi connectivity index (χ2n) is 5.63. The number of ketones is 1. The number of amides is 2. The maximum atomic E-state index is 11.9. The molecule has 2 aromatic rings. The third-order valence-electron chi connectivity index (χ3n) is 3.47.